The highest BCUT2D eigenvalue weighted by molar-refractivity contribution is 5.75. The van der Waals surface area contributed by atoms with Gasteiger partial charge in [0.25, 0.3) is 0 Å². The van der Waals surface area contributed by atoms with Gasteiger partial charge in [0.1, 0.15) is 0 Å². The number of aliphatic hydroxyl groups is 1. The van der Waals surface area contributed by atoms with E-state index in [0.29, 0.717) is 0 Å². The first-order valence-electron chi connectivity index (χ1n) is 7.19. The van der Waals surface area contributed by atoms with Crippen molar-refractivity contribution < 1.29 is 18.7 Å². The lowest BCUT2D eigenvalue weighted by atomic mass is 10.1. The lowest BCUT2D eigenvalue weighted by Crippen LogP contribution is -2.40. The van der Waals surface area contributed by atoms with Crippen LogP contribution in [0, 0.1) is 11.6 Å². The third kappa shape index (κ3) is 4.26. The molecule has 0 fully saturated rings. The summed E-state index contributed by atoms with van der Waals surface area (Å²) in [7, 11) is 0. The minimum Gasteiger partial charge on any atom is -0.394 e. The summed E-state index contributed by atoms with van der Waals surface area (Å²) in [6.07, 6.45) is 0. The largest absolute Gasteiger partial charge is 0.394 e. The molecule has 0 aromatic heterocycles. The number of hydrogen-bond donors (Lipinski definition) is 3. The van der Waals surface area contributed by atoms with Gasteiger partial charge >= 0.3 is 6.03 Å². The van der Waals surface area contributed by atoms with E-state index in [-0.39, 0.29) is 12.2 Å². The van der Waals surface area contributed by atoms with Crippen LogP contribution in [-0.4, -0.2) is 17.7 Å². The van der Waals surface area contributed by atoms with Crippen LogP contribution >= 0.6 is 0 Å². The van der Waals surface area contributed by atoms with Crippen molar-refractivity contribution in [1.82, 2.24) is 10.6 Å². The minimum absolute atomic E-state index is 0.0559. The number of hydrogen-bond acceptors (Lipinski definition) is 2. The minimum atomic E-state index is -0.984. The van der Waals surface area contributed by atoms with Crippen LogP contribution in [0.2, 0.25) is 0 Å². The Balaban J connectivity index is 2.02. The molecule has 0 saturated carbocycles. The number of aliphatic hydroxyl groups excluding tert-OH is 1. The highest BCUT2D eigenvalue weighted by atomic mass is 19.2. The summed E-state index contributed by atoms with van der Waals surface area (Å²) in [6, 6.07) is 10.9. The maximum Gasteiger partial charge on any atom is 0.315 e. The molecule has 6 heteroatoms. The summed E-state index contributed by atoms with van der Waals surface area (Å²) >= 11 is 0. The summed E-state index contributed by atoms with van der Waals surface area (Å²) in [5, 5.41) is 14.5. The third-order valence-electron chi connectivity index (χ3n) is 3.49. The Kier molecular flexibility index (Phi) is 5.65. The van der Waals surface area contributed by atoms with E-state index in [4.69, 9.17) is 0 Å². The Labute approximate surface area is 133 Å². The second kappa shape index (κ2) is 7.69. The van der Waals surface area contributed by atoms with Gasteiger partial charge < -0.3 is 15.7 Å². The summed E-state index contributed by atoms with van der Waals surface area (Å²) in [5.41, 5.74) is 0.801. The number of urea groups is 1. The van der Waals surface area contributed by atoms with Gasteiger partial charge in [0.05, 0.1) is 18.7 Å². The standard InChI is InChI=1S/C17H18F2N2O2/c1-11(13-8-5-9-14(18)16(13)19)20-17(23)21-15(10-22)12-6-3-2-4-7-12/h2-9,11,15,22H,10H2,1H3,(H2,20,21,23)/t11?,15-/m1/s1. The van der Waals surface area contributed by atoms with Crippen LogP contribution in [0.3, 0.4) is 0 Å². The molecule has 2 aromatic carbocycles. The van der Waals surface area contributed by atoms with Crippen molar-refractivity contribution in [1.29, 1.82) is 0 Å². The van der Waals surface area contributed by atoms with E-state index < -0.39 is 29.7 Å². The Morgan fingerprint density at radius 3 is 2.43 bits per heavy atom. The lowest BCUT2D eigenvalue weighted by Gasteiger charge is -2.20. The number of carbonyl (C=O) groups excluding carboxylic acids is 1. The van der Waals surface area contributed by atoms with Gasteiger partial charge in [-0.1, -0.05) is 42.5 Å². The number of amides is 2. The number of halogens is 2. The fraction of sp³-hybridized carbons (Fsp3) is 0.235. The van der Waals surface area contributed by atoms with Crippen LogP contribution in [0.4, 0.5) is 13.6 Å². The van der Waals surface area contributed by atoms with Crippen LogP contribution in [0.25, 0.3) is 0 Å². The monoisotopic (exact) mass is 320 g/mol. The molecule has 0 saturated heterocycles. The quantitative estimate of drug-likeness (QED) is 0.793. The summed E-state index contributed by atoms with van der Waals surface area (Å²) in [5.74, 6) is -1.95. The fourth-order valence-corrected chi connectivity index (χ4v) is 2.25. The van der Waals surface area contributed by atoms with Crippen molar-refractivity contribution in [2.75, 3.05) is 6.61 Å². The zero-order valence-corrected chi connectivity index (χ0v) is 12.6. The Morgan fingerprint density at radius 1 is 1.09 bits per heavy atom. The van der Waals surface area contributed by atoms with Crippen molar-refractivity contribution in [2.24, 2.45) is 0 Å². The van der Waals surface area contributed by atoms with Gasteiger partial charge in [0, 0.05) is 5.56 Å². The van der Waals surface area contributed by atoms with Crippen molar-refractivity contribution in [2.45, 2.75) is 19.0 Å². The highest BCUT2D eigenvalue weighted by Gasteiger charge is 2.18. The average molecular weight is 320 g/mol. The van der Waals surface area contributed by atoms with E-state index in [9.17, 15) is 18.7 Å². The molecule has 2 aromatic rings. The van der Waals surface area contributed by atoms with Crippen molar-refractivity contribution in [3.63, 3.8) is 0 Å². The van der Waals surface area contributed by atoms with Gasteiger partial charge in [0.15, 0.2) is 11.6 Å². The van der Waals surface area contributed by atoms with E-state index in [1.54, 1.807) is 31.2 Å². The highest BCUT2D eigenvalue weighted by Crippen LogP contribution is 2.19. The average Bonchev–Trinajstić information content (AvgIpc) is 2.55. The van der Waals surface area contributed by atoms with Crippen LogP contribution in [0.5, 0.6) is 0 Å². The number of benzene rings is 2. The molecule has 2 rings (SSSR count). The molecule has 0 aliphatic rings. The molecular weight excluding hydrogens is 302 g/mol. The maximum absolute atomic E-state index is 13.7. The summed E-state index contributed by atoms with van der Waals surface area (Å²) in [4.78, 5) is 12.0. The zero-order chi connectivity index (χ0) is 16.8. The molecule has 1 unspecified atom stereocenters. The lowest BCUT2D eigenvalue weighted by molar-refractivity contribution is 0.214. The first kappa shape index (κ1) is 16.9. The van der Waals surface area contributed by atoms with E-state index in [1.807, 2.05) is 6.07 Å². The second-order valence-electron chi connectivity index (χ2n) is 5.13. The van der Waals surface area contributed by atoms with E-state index >= 15 is 0 Å². The molecule has 3 N–H and O–H groups in total. The molecule has 2 atom stereocenters. The van der Waals surface area contributed by atoms with Crippen molar-refractivity contribution in [3.05, 3.63) is 71.3 Å². The van der Waals surface area contributed by atoms with Gasteiger partial charge in [-0.25, -0.2) is 13.6 Å². The number of nitrogens with one attached hydrogen (secondary N) is 2. The Bertz CT molecular complexity index is 665. The van der Waals surface area contributed by atoms with Gasteiger partial charge in [-0.15, -0.1) is 0 Å². The molecule has 0 aliphatic carbocycles. The summed E-state index contributed by atoms with van der Waals surface area (Å²) in [6.45, 7) is 1.27. The van der Waals surface area contributed by atoms with Gasteiger partial charge in [0.2, 0.25) is 0 Å². The van der Waals surface area contributed by atoms with Crippen LogP contribution in [0.1, 0.15) is 30.1 Å². The molecule has 122 valence electrons. The Morgan fingerprint density at radius 2 is 1.78 bits per heavy atom. The molecule has 4 nitrogen and oxygen atoms in total. The smallest absolute Gasteiger partial charge is 0.315 e. The molecule has 0 heterocycles. The fourth-order valence-electron chi connectivity index (χ4n) is 2.25. The maximum atomic E-state index is 13.7. The third-order valence-corrected chi connectivity index (χ3v) is 3.49. The van der Waals surface area contributed by atoms with Gasteiger partial charge in [-0.05, 0) is 18.6 Å². The SMILES string of the molecule is CC(NC(=O)N[C@H](CO)c1ccccc1)c1cccc(F)c1F. The second-order valence-corrected chi connectivity index (χ2v) is 5.13. The molecular formula is C17H18F2N2O2. The van der Waals surface area contributed by atoms with E-state index in [1.165, 1.54) is 12.1 Å². The molecule has 0 bridgehead atoms. The Hall–Kier alpha value is -2.47. The molecule has 0 radical (unpaired) electrons. The first-order valence-corrected chi connectivity index (χ1v) is 7.19. The predicted octanol–water partition coefficient (Wildman–Crippen LogP) is 3.06. The van der Waals surface area contributed by atoms with Crippen LogP contribution in [-0.2, 0) is 0 Å². The molecule has 0 aliphatic heterocycles. The first-order chi connectivity index (χ1) is 11.0. The molecule has 0 spiro atoms. The number of carbonyl (C=O) groups is 1. The van der Waals surface area contributed by atoms with Crippen LogP contribution < -0.4 is 10.6 Å². The van der Waals surface area contributed by atoms with Crippen molar-refractivity contribution >= 4 is 6.03 Å². The number of rotatable bonds is 5. The van der Waals surface area contributed by atoms with Crippen molar-refractivity contribution in [3.8, 4) is 0 Å². The topological polar surface area (TPSA) is 61.4 Å². The summed E-state index contributed by atoms with van der Waals surface area (Å²) < 4.78 is 26.9. The van der Waals surface area contributed by atoms with Gasteiger partial charge in [-0.2, -0.15) is 0 Å². The molecule has 23 heavy (non-hydrogen) atoms. The molecule has 2 amide bonds. The van der Waals surface area contributed by atoms with Gasteiger partial charge in [-0.3, -0.25) is 0 Å². The zero-order valence-electron chi connectivity index (χ0n) is 12.6. The predicted molar refractivity (Wildman–Crippen MR) is 82.7 cm³/mol. The van der Waals surface area contributed by atoms with Crippen LogP contribution in [0.15, 0.2) is 48.5 Å². The normalized spacial score (nSPS) is 13.2. The van der Waals surface area contributed by atoms with E-state index in [2.05, 4.69) is 10.6 Å². The van der Waals surface area contributed by atoms with E-state index in [0.717, 1.165) is 11.6 Å².